The van der Waals surface area contributed by atoms with Crippen molar-refractivity contribution in [2.75, 3.05) is 19.8 Å². The highest BCUT2D eigenvalue weighted by Crippen LogP contribution is 2.48. The number of ketones is 1. The smallest absolute Gasteiger partial charge is 0.336 e. The zero-order valence-electron chi connectivity index (χ0n) is 23.0. The van der Waals surface area contributed by atoms with Crippen LogP contribution in [0.5, 0.6) is 17.2 Å². The maximum atomic E-state index is 13.9. The molecule has 212 valence electrons. The fraction of sp³-hybridized carbons (Fsp3) is 0.273. The summed E-state index contributed by atoms with van der Waals surface area (Å²) in [7, 11) is 0. The summed E-state index contributed by atoms with van der Waals surface area (Å²) in [5.41, 5.74) is 4.04. The van der Waals surface area contributed by atoms with E-state index in [0.717, 1.165) is 11.3 Å². The van der Waals surface area contributed by atoms with E-state index in [1.54, 1.807) is 12.1 Å². The number of ether oxygens (including phenoxy) is 3. The highest BCUT2D eigenvalue weighted by molar-refractivity contribution is 9.10. The number of benzene rings is 3. The van der Waals surface area contributed by atoms with Crippen LogP contribution in [-0.2, 0) is 14.3 Å². The van der Waals surface area contributed by atoms with E-state index in [1.807, 2.05) is 74.5 Å². The maximum Gasteiger partial charge on any atom is 0.336 e. The Kier molecular flexibility index (Phi) is 8.78. The van der Waals surface area contributed by atoms with Crippen molar-refractivity contribution in [3.8, 4) is 17.2 Å². The van der Waals surface area contributed by atoms with E-state index in [9.17, 15) is 14.7 Å². The van der Waals surface area contributed by atoms with Crippen LogP contribution in [0.3, 0.4) is 0 Å². The van der Waals surface area contributed by atoms with Crippen molar-refractivity contribution in [2.24, 2.45) is 0 Å². The average Bonchev–Trinajstić information content (AvgIpc) is 2.97. The summed E-state index contributed by atoms with van der Waals surface area (Å²) in [4.78, 5) is 27.5. The largest absolute Gasteiger partial charge is 0.503 e. The van der Waals surface area contributed by atoms with Crippen LogP contribution >= 0.6 is 15.9 Å². The predicted molar refractivity (Wildman–Crippen MR) is 159 cm³/mol. The Morgan fingerprint density at radius 2 is 1.68 bits per heavy atom. The maximum absolute atomic E-state index is 13.9. The molecule has 1 heterocycles. The van der Waals surface area contributed by atoms with Crippen LogP contribution in [0.15, 0.2) is 99.8 Å². The number of hydrogen-bond donors (Lipinski definition) is 2. The van der Waals surface area contributed by atoms with E-state index in [4.69, 9.17) is 14.2 Å². The lowest BCUT2D eigenvalue weighted by atomic mass is 9.71. The van der Waals surface area contributed by atoms with Crippen LogP contribution in [0.4, 0.5) is 0 Å². The molecule has 2 N–H and O–H groups in total. The van der Waals surface area contributed by atoms with Crippen LogP contribution < -0.4 is 14.8 Å². The van der Waals surface area contributed by atoms with Gasteiger partial charge < -0.3 is 24.6 Å². The fourth-order valence-electron chi connectivity index (χ4n) is 5.52. The van der Waals surface area contributed by atoms with Crippen LogP contribution in [0, 0.1) is 0 Å². The van der Waals surface area contributed by atoms with Crippen molar-refractivity contribution in [3.63, 3.8) is 0 Å². The van der Waals surface area contributed by atoms with Crippen molar-refractivity contribution in [1.29, 1.82) is 0 Å². The summed E-state index contributed by atoms with van der Waals surface area (Å²) in [6, 6.07) is 22.7. The lowest BCUT2D eigenvalue weighted by molar-refractivity contribution is -0.140. The van der Waals surface area contributed by atoms with E-state index in [2.05, 4.69) is 21.2 Å². The number of allylic oxidation sites excluding steroid dienone is 3. The topological polar surface area (TPSA) is 94.1 Å². The molecule has 2 aliphatic rings. The molecule has 41 heavy (non-hydrogen) atoms. The lowest BCUT2D eigenvalue weighted by Crippen LogP contribution is -2.36. The third-order valence-corrected chi connectivity index (χ3v) is 7.94. The van der Waals surface area contributed by atoms with Crippen LogP contribution in [0.2, 0.25) is 0 Å². The standard InChI is InChI=1S/C33H32BrNO6/c1-3-39-28-19-23(16-25(34)32(28)37)30-29(33(38)41-15-14-40-24-12-8-5-9-13-24)20(2)35-26-17-22(18-27(36)31(26)30)21-10-6-4-7-11-21/h4-13,16,19,22,30,35,37H,3,14-15,17-18H2,1-2H3/t22-,30-/m0/s1. The molecule has 0 saturated heterocycles. The number of halogens is 1. The second kappa shape index (κ2) is 12.6. The molecular weight excluding hydrogens is 586 g/mol. The van der Waals surface area contributed by atoms with E-state index >= 15 is 0 Å². The number of phenols is 1. The highest BCUT2D eigenvalue weighted by Gasteiger charge is 2.42. The molecular formula is C33H32BrNO6. The van der Waals surface area contributed by atoms with E-state index in [-0.39, 0.29) is 36.4 Å². The van der Waals surface area contributed by atoms with Gasteiger partial charge >= 0.3 is 5.97 Å². The number of esters is 1. The quantitative estimate of drug-likeness (QED) is 0.208. The summed E-state index contributed by atoms with van der Waals surface area (Å²) < 4.78 is 17.5. The molecule has 3 aromatic carbocycles. The van der Waals surface area contributed by atoms with Crippen molar-refractivity contribution >= 4 is 27.7 Å². The Balaban J connectivity index is 1.48. The number of carbonyl (C=O) groups excluding carboxylic acids is 2. The summed E-state index contributed by atoms with van der Waals surface area (Å²) in [6.07, 6.45) is 0.953. The first kappa shape index (κ1) is 28.5. The second-order valence-electron chi connectivity index (χ2n) is 10.0. The van der Waals surface area contributed by atoms with Gasteiger partial charge in [0.05, 0.1) is 16.7 Å². The third-order valence-electron chi connectivity index (χ3n) is 7.33. The van der Waals surface area contributed by atoms with Gasteiger partial charge in [0.1, 0.15) is 19.0 Å². The minimum absolute atomic E-state index is 0.0255. The van der Waals surface area contributed by atoms with Gasteiger partial charge in [-0.05, 0) is 77.5 Å². The molecule has 1 aliphatic heterocycles. The van der Waals surface area contributed by atoms with Crippen LogP contribution in [0.25, 0.3) is 0 Å². The number of hydrogen-bond acceptors (Lipinski definition) is 7. The summed E-state index contributed by atoms with van der Waals surface area (Å²) >= 11 is 3.43. The zero-order chi connectivity index (χ0) is 28.9. The summed E-state index contributed by atoms with van der Waals surface area (Å²) in [5.74, 6) is -0.338. The second-order valence-corrected chi connectivity index (χ2v) is 10.9. The number of carbonyl (C=O) groups is 2. The van der Waals surface area contributed by atoms with Gasteiger partial charge in [0, 0.05) is 29.3 Å². The third kappa shape index (κ3) is 6.17. The van der Waals surface area contributed by atoms with Gasteiger partial charge in [0.15, 0.2) is 17.3 Å². The van der Waals surface area contributed by atoms with Gasteiger partial charge in [-0.15, -0.1) is 0 Å². The molecule has 0 saturated carbocycles. The average molecular weight is 619 g/mol. The molecule has 1 aliphatic carbocycles. The molecule has 7 nitrogen and oxygen atoms in total. The molecule has 0 radical (unpaired) electrons. The SMILES string of the molecule is CCOc1cc([C@H]2C(C(=O)OCCOc3ccccc3)=C(C)NC3=C2C(=O)C[C@@H](c2ccccc2)C3)cc(Br)c1O. The van der Waals surface area contributed by atoms with E-state index < -0.39 is 11.9 Å². The number of phenolic OH excluding ortho intramolecular Hbond substituents is 1. The normalized spacial score (nSPS) is 18.5. The Hall–Kier alpha value is -4.04. The molecule has 0 amide bonds. The molecule has 2 atom stereocenters. The minimum atomic E-state index is -0.700. The number of aromatic hydroxyl groups is 1. The molecule has 0 fully saturated rings. The number of dihydropyridines is 1. The van der Waals surface area contributed by atoms with Gasteiger partial charge in [-0.3, -0.25) is 4.79 Å². The Morgan fingerprint density at radius 3 is 2.39 bits per heavy atom. The summed E-state index contributed by atoms with van der Waals surface area (Å²) in [6.45, 7) is 4.21. The number of rotatable bonds is 9. The first-order valence-corrected chi connectivity index (χ1v) is 14.5. The minimum Gasteiger partial charge on any atom is -0.503 e. The molecule has 3 aromatic rings. The van der Waals surface area contributed by atoms with Crippen molar-refractivity contribution in [1.82, 2.24) is 5.32 Å². The predicted octanol–water partition coefficient (Wildman–Crippen LogP) is 6.54. The number of nitrogens with one attached hydrogen (secondary N) is 1. The summed E-state index contributed by atoms with van der Waals surface area (Å²) in [5, 5.41) is 14.0. The van der Waals surface area contributed by atoms with Gasteiger partial charge in [-0.1, -0.05) is 48.5 Å². The van der Waals surface area contributed by atoms with Crippen molar-refractivity contribution in [2.45, 2.75) is 38.5 Å². The van der Waals surface area contributed by atoms with Gasteiger partial charge in [0.25, 0.3) is 0 Å². The molecule has 0 unspecified atom stereocenters. The van der Waals surface area contributed by atoms with Crippen LogP contribution in [-0.4, -0.2) is 36.7 Å². The van der Waals surface area contributed by atoms with Crippen LogP contribution in [0.1, 0.15) is 49.7 Å². The Labute approximate surface area is 248 Å². The highest BCUT2D eigenvalue weighted by atomic mass is 79.9. The monoisotopic (exact) mass is 617 g/mol. The van der Waals surface area contributed by atoms with Crippen molar-refractivity contribution < 1.29 is 28.9 Å². The molecule has 5 rings (SSSR count). The van der Waals surface area contributed by atoms with Gasteiger partial charge in [-0.25, -0.2) is 4.79 Å². The molecule has 0 bridgehead atoms. The van der Waals surface area contributed by atoms with E-state index in [1.165, 1.54) is 0 Å². The van der Waals surface area contributed by atoms with Gasteiger partial charge in [-0.2, -0.15) is 0 Å². The Morgan fingerprint density at radius 1 is 0.976 bits per heavy atom. The van der Waals surface area contributed by atoms with E-state index in [0.29, 0.717) is 52.1 Å². The molecule has 8 heteroatoms. The van der Waals surface area contributed by atoms with Gasteiger partial charge in [0.2, 0.25) is 0 Å². The molecule has 0 aromatic heterocycles. The van der Waals surface area contributed by atoms with Crippen molar-refractivity contribution in [3.05, 3.63) is 111 Å². The number of para-hydroxylation sites is 1. The fourth-order valence-corrected chi connectivity index (χ4v) is 5.98. The first-order chi connectivity index (χ1) is 19.9. The first-order valence-electron chi connectivity index (χ1n) is 13.7. The number of Topliss-reactive ketones (excluding diaryl/α,β-unsaturated/α-hetero) is 1. The molecule has 0 spiro atoms. The lowest BCUT2D eigenvalue weighted by Gasteiger charge is -2.37. The zero-order valence-corrected chi connectivity index (χ0v) is 24.6. The Bertz CT molecular complexity index is 1500.